The van der Waals surface area contributed by atoms with Crippen molar-refractivity contribution in [2.24, 2.45) is 4.99 Å². The zero-order valence-electron chi connectivity index (χ0n) is 17.9. The molecule has 30 heavy (non-hydrogen) atoms. The Labute approximate surface area is 197 Å². The average molecular weight is 554 g/mol. The molecule has 0 aromatic heterocycles. The van der Waals surface area contributed by atoms with Crippen LogP contribution < -0.4 is 20.1 Å². The fourth-order valence-electron chi connectivity index (χ4n) is 3.00. The molecule has 0 amide bonds. The molecular formula is C20H35IN4O4S. The first kappa shape index (κ1) is 26.9. The van der Waals surface area contributed by atoms with E-state index < -0.39 is 10.0 Å². The molecule has 1 aromatic rings. The van der Waals surface area contributed by atoms with Crippen LogP contribution in [0.15, 0.2) is 29.3 Å². The maximum atomic E-state index is 12.2. The standard InChI is InChI=1S/C20H34N4O4S.HI/c1-3-21-20(23-15-17-9-5-6-11-19(17)27-4-2)22-12-14-29(25,26)24-16-18-10-7-8-13-28-18;/h5-6,9,11,18,24H,3-4,7-8,10,12-16H2,1-2H3,(H2,21,22,23);1H. The van der Waals surface area contributed by atoms with E-state index in [0.29, 0.717) is 38.8 Å². The minimum atomic E-state index is -3.37. The zero-order valence-corrected chi connectivity index (χ0v) is 21.0. The maximum absolute atomic E-state index is 12.2. The van der Waals surface area contributed by atoms with Gasteiger partial charge in [-0.3, -0.25) is 0 Å². The van der Waals surface area contributed by atoms with Crippen LogP contribution in [0.3, 0.4) is 0 Å². The predicted octanol–water partition coefficient (Wildman–Crippen LogP) is 2.25. The molecule has 0 aliphatic carbocycles. The molecule has 1 atom stereocenters. The van der Waals surface area contributed by atoms with Crippen molar-refractivity contribution >= 4 is 40.0 Å². The number of sulfonamides is 1. The SMILES string of the molecule is CCNC(=NCc1ccccc1OCC)NCCS(=O)(=O)NCC1CCCCO1.I. The predicted molar refractivity (Wildman–Crippen MR) is 131 cm³/mol. The maximum Gasteiger partial charge on any atom is 0.213 e. The number of benzene rings is 1. The quantitative estimate of drug-likeness (QED) is 0.221. The van der Waals surface area contributed by atoms with Gasteiger partial charge in [0.1, 0.15) is 5.75 Å². The number of halogens is 1. The Morgan fingerprint density at radius 3 is 2.73 bits per heavy atom. The van der Waals surface area contributed by atoms with Crippen molar-refractivity contribution in [1.82, 2.24) is 15.4 Å². The van der Waals surface area contributed by atoms with Crippen molar-refractivity contribution < 1.29 is 17.9 Å². The number of guanidine groups is 1. The van der Waals surface area contributed by atoms with Crippen molar-refractivity contribution in [2.45, 2.75) is 45.8 Å². The van der Waals surface area contributed by atoms with Crippen LogP contribution in [0.25, 0.3) is 0 Å². The van der Waals surface area contributed by atoms with E-state index >= 15 is 0 Å². The molecule has 1 unspecified atom stereocenters. The Morgan fingerprint density at radius 2 is 2.03 bits per heavy atom. The minimum absolute atomic E-state index is 0. The third-order valence-corrected chi connectivity index (χ3v) is 5.84. The zero-order chi connectivity index (χ0) is 21.0. The molecule has 0 bridgehead atoms. The lowest BCUT2D eigenvalue weighted by atomic mass is 10.1. The molecule has 0 radical (unpaired) electrons. The van der Waals surface area contributed by atoms with E-state index in [2.05, 4.69) is 20.3 Å². The van der Waals surface area contributed by atoms with E-state index in [-0.39, 0.29) is 42.4 Å². The smallest absolute Gasteiger partial charge is 0.213 e. The van der Waals surface area contributed by atoms with Gasteiger partial charge in [0, 0.05) is 31.8 Å². The monoisotopic (exact) mass is 554 g/mol. The lowest BCUT2D eigenvalue weighted by Crippen LogP contribution is -2.42. The van der Waals surface area contributed by atoms with Gasteiger partial charge in [0.05, 0.1) is 25.0 Å². The van der Waals surface area contributed by atoms with Crippen LogP contribution in [0.4, 0.5) is 0 Å². The minimum Gasteiger partial charge on any atom is -0.494 e. The molecule has 1 aliphatic rings. The molecule has 172 valence electrons. The van der Waals surface area contributed by atoms with Gasteiger partial charge < -0.3 is 20.1 Å². The summed E-state index contributed by atoms with van der Waals surface area (Å²) in [6, 6.07) is 7.77. The summed E-state index contributed by atoms with van der Waals surface area (Å²) in [5, 5.41) is 6.22. The number of nitrogens with one attached hydrogen (secondary N) is 3. The second-order valence-electron chi connectivity index (χ2n) is 6.82. The summed E-state index contributed by atoms with van der Waals surface area (Å²) in [6.45, 7) is 6.94. The van der Waals surface area contributed by atoms with Gasteiger partial charge in [-0.05, 0) is 39.2 Å². The highest BCUT2D eigenvalue weighted by Gasteiger charge is 2.17. The number of ether oxygens (including phenoxy) is 2. The fraction of sp³-hybridized carbons (Fsp3) is 0.650. The van der Waals surface area contributed by atoms with E-state index in [0.717, 1.165) is 30.6 Å². The van der Waals surface area contributed by atoms with Gasteiger partial charge in [-0.15, -0.1) is 24.0 Å². The summed E-state index contributed by atoms with van der Waals surface area (Å²) in [7, 11) is -3.37. The molecule has 3 N–H and O–H groups in total. The Bertz CT molecular complexity index is 740. The van der Waals surface area contributed by atoms with Crippen LogP contribution in [0.1, 0.15) is 38.7 Å². The highest BCUT2D eigenvalue weighted by molar-refractivity contribution is 14.0. The lowest BCUT2D eigenvalue weighted by Gasteiger charge is -2.22. The summed E-state index contributed by atoms with van der Waals surface area (Å²) in [5.74, 6) is 1.36. The first-order valence-electron chi connectivity index (χ1n) is 10.4. The third-order valence-electron chi connectivity index (χ3n) is 4.49. The largest absolute Gasteiger partial charge is 0.494 e. The van der Waals surface area contributed by atoms with E-state index in [1.807, 2.05) is 38.1 Å². The fourth-order valence-corrected chi connectivity index (χ4v) is 3.96. The van der Waals surface area contributed by atoms with Crippen molar-refractivity contribution in [3.8, 4) is 5.75 Å². The Morgan fingerprint density at radius 1 is 1.23 bits per heavy atom. The van der Waals surface area contributed by atoms with Crippen molar-refractivity contribution in [2.75, 3.05) is 38.6 Å². The molecule has 1 aromatic carbocycles. The van der Waals surface area contributed by atoms with E-state index in [1.165, 1.54) is 0 Å². The molecular weight excluding hydrogens is 519 g/mol. The number of rotatable bonds is 11. The number of nitrogens with zero attached hydrogens (tertiary/aromatic N) is 1. The van der Waals surface area contributed by atoms with Gasteiger partial charge in [-0.2, -0.15) is 0 Å². The normalized spacial score (nSPS) is 17.1. The van der Waals surface area contributed by atoms with Gasteiger partial charge in [-0.25, -0.2) is 18.1 Å². The number of hydrogen-bond donors (Lipinski definition) is 3. The summed E-state index contributed by atoms with van der Waals surface area (Å²) < 4.78 is 38.3. The topological polar surface area (TPSA) is 101 Å². The van der Waals surface area contributed by atoms with Gasteiger partial charge in [0.2, 0.25) is 10.0 Å². The number of hydrogen-bond acceptors (Lipinski definition) is 5. The first-order valence-corrected chi connectivity index (χ1v) is 12.0. The third kappa shape index (κ3) is 10.3. The van der Waals surface area contributed by atoms with E-state index in [4.69, 9.17) is 9.47 Å². The molecule has 1 fully saturated rings. The van der Waals surface area contributed by atoms with Crippen molar-refractivity contribution in [1.29, 1.82) is 0 Å². The van der Waals surface area contributed by atoms with Crippen molar-refractivity contribution in [3.05, 3.63) is 29.8 Å². The molecule has 1 saturated heterocycles. The van der Waals surface area contributed by atoms with Gasteiger partial charge in [0.15, 0.2) is 5.96 Å². The van der Waals surface area contributed by atoms with Crippen LogP contribution in [-0.4, -0.2) is 59.1 Å². The lowest BCUT2D eigenvalue weighted by molar-refractivity contribution is 0.0200. The van der Waals surface area contributed by atoms with E-state index in [1.54, 1.807) is 0 Å². The number of para-hydroxylation sites is 1. The van der Waals surface area contributed by atoms with Gasteiger partial charge >= 0.3 is 0 Å². The molecule has 10 heteroatoms. The molecule has 2 rings (SSSR count). The average Bonchev–Trinajstić information content (AvgIpc) is 2.72. The van der Waals surface area contributed by atoms with Crippen molar-refractivity contribution in [3.63, 3.8) is 0 Å². The summed E-state index contributed by atoms with van der Waals surface area (Å²) in [4.78, 5) is 4.54. The van der Waals surface area contributed by atoms with Crippen LogP contribution in [0, 0.1) is 0 Å². The molecule has 0 spiro atoms. The summed E-state index contributed by atoms with van der Waals surface area (Å²) in [6.07, 6.45) is 3.02. The number of aliphatic imine (C=N–C) groups is 1. The highest BCUT2D eigenvalue weighted by atomic mass is 127. The summed E-state index contributed by atoms with van der Waals surface area (Å²) >= 11 is 0. The molecule has 0 saturated carbocycles. The Balaban J connectivity index is 0.00000450. The molecule has 8 nitrogen and oxygen atoms in total. The second-order valence-corrected chi connectivity index (χ2v) is 8.75. The molecule has 1 heterocycles. The first-order chi connectivity index (χ1) is 14.0. The summed E-state index contributed by atoms with van der Waals surface area (Å²) in [5.41, 5.74) is 0.980. The van der Waals surface area contributed by atoms with Gasteiger partial charge in [0.25, 0.3) is 0 Å². The highest BCUT2D eigenvalue weighted by Crippen LogP contribution is 2.18. The van der Waals surface area contributed by atoms with Crippen LogP contribution in [0.5, 0.6) is 5.75 Å². The Hall–Kier alpha value is -1.11. The van der Waals surface area contributed by atoms with Crippen LogP contribution in [0.2, 0.25) is 0 Å². The van der Waals surface area contributed by atoms with Crippen LogP contribution >= 0.6 is 24.0 Å². The van der Waals surface area contributed by atoms with Gasteiger partial charge in [-0.1, -0.05) is 18.2 Å². The second kappa shape index (κ2) is 14.8. The van der Waals surface area contributed by atoms with E-state index in [9.17, 15) is 8.42 Å². The Kier molecular flexibility index (Phi) is 13.3. The van der Waals surface area contributed by atoms with Crippen LogP contribution in [-0.2, 0) is 21.3 Å². The molecule has 1 aliphatic heterocycles.